The van der Waals surface area contributed by atoms with Gasteiger partial charge < -0.3 is 15.2 Å². The number of hydrogen-bond acceptors (Lipinski definition) is 3. The van der Waals surface area contributed by atoms with Crippen LogP contribution in [0.1, 0.15) is 52.0 Å². The molecule has 4 heteroatoms. The van der Waals surface area contributed by atoms with Crippen molar-refractivity contribution in [3.63, 3.8) is 0 Å². The highest BCUT2D eigenvalue weighted by Gasteiger charge is 2.10. The second-order valence-corrected chi connectivity index (χ2v) is 7.20. The van der Waals surface area contributed by atoms with Gasteiger partial charge in [0.15, 0.2) is 0 Å². The van der Waals surface area contributed by atoms with E-state index in [-0.39, 0.29) is 12.1 Å². The fraction of sp³-hybridized carbons (Fsp3) is 0.647. The Bertz CT molecular complexity index is 416. The number of hydrogen-bond donors (Lipinski definition) is 2. The van der Waals surface area contributed by atoms with Crippen LogP contribution in [0.2, 0.25) is 0 Å². The van der Waals surface area contributed by atoms with Gasteiger partial charge in [-0.25, -0.2) is 0 Å². The number of ether oxygens (including phenoxy) is 1. The molecular formula is C17H28BrNO2. The molecule has 0 aliphatic carbocycles. The van der Waals surface area contributed by atoms with Crippen LogP contribution in [-0.2, 0) is 6.54 Å². The zero-order valence-electron chi connectivity index (χ0n) is 13.4. The van der Waals surface area contributed by atoms with Crippen LogP contribution < -0.4 is 10.1 Å². The van der Waals surface area contributed by atoms with Gasteiger partial charge in [0.1, 0.15) is 5.75 Å². The lowest BCUT2D eigenvalue weighted by Gasteiger charge is -2.21. The minimum absolute atomic E-state index is 0.100. The Morgan fingerprint density at radius 2 is 1.86 bits per heavy atom. The summed E-state index contributed by atoms with van der Waals surface area (Å²) in [6.07, 6.45) is 4.10. The van der Waals surface area contributed by atoms with E-state index in [1.807, 2.05) is 12.1 Å². The molecule has 0 amide bonds. The SMILES string of the molecule is CC(C)(C)NCc1cc(OCCCCCCO)ccc1Br. The molecule has 2 N–H and O–H groups in total. The van der Waals surface area contributed by atoms with Crippen molar-refractivity contribution in [2.45, 2.75) is 58.5 Å². The van der Waals surface area contributed by atoms with Crippen LogP contribution in [0.5, 0.6) is 5.75 Å². The van der Waals surface area contributed by atoms with Gasteiger partial charge in [-0.2, -0.15) is 0 Å². The molecule has 1 aromatic rings. The van der Waals surface area contributed by atoms with Crippen LogP contribution in [-0.4, -0.2) is 23.9 Å². The van der Waals surface area contributed by atoms with Crippen molar-refractivity contribution in [1.29, 1.82) is 0 Å². The molecule has 0 aromatic heterocycles. The molecule has 3 nitrogen and oxygen atoms in total. The molecule has 1 aromatic carbocycles. The number of nitrogens with one attached hydrogen (secondary N) is 1. The number of aliphatic hydroxyl groups excluding tert-OH is 1. The lowest BCUT2D eigenvalue weighted by atomic mass is 10.1. The van der Waals surface area contributed by atoms with Crippen molar-refractivity contribution in [1.82, 2.24) is 5.32 Å². The van der Waals surface area contributed by atoms with Crippen molar-refractivity contribution in [2.75, 3.05) is 13.2 Å². The molecule has 0 unspecified atom stereocenters. The summed E-state index contributed by atoms with van der Waals surface area (Å²) >= 11 is 3.59. The predicted octanol–water partition coefficient (Wildman–Crippen LogP) is 4.27. The van der Waals surface area contributed by atoms with E-state index in [0.29, 0.717) is 0 Å². The molecule has 0 aliphatic heterocycles. The zero-order chi connectivity index (χ0) is 15.7. The third-order valence-electron chi connectivity index (χ3n) is 3.15. The molecule has 0 radical (unpaired) electrons. The van der Waals surface area contributed by atoms with Crippen molar-refractivity contribution in [3.05, 3.63) is 28.2 Å². The first-order valence-corrected chi connectivity index (χ1v) is 8.49. The third kappa shape index (κ3) is 8.44. The number of rotatable bonds is 9. The van der Waals surface area contributed by atoms with E-state index in [2.05, 4.69) is 48.1 Å². The van der Waals surface area contributed by atoms with Crippen molar-refractivity contribution < 1.29 is 9.84 Å². The van der Waals surface area contributed by atoms with Gasteiger partial charge in [-0.1, -0.05) is 22.4 Å². The number of halogens is 1. The summed E-state index contributed by atoms with van der Waals surface area (Å²) in [5.74, 6) is 0.922. The normalized spacial score (nSPS) is 11.7. The van der Waals surface area contributed by atoms with Crippen LogP contribution in [0.3, 0.4) is 0 Å². The van der Waals surface area contributed by atoms with Crippen LogP contribution >= 0.6 is 15.9 Å². The van der Waals surface area contributed by atoms with Gasteiger partial charge in [0.05, 0.1) is 6.61 Å². The second kappa shape index (κ2) is 9.44. The molecule has 0 saturated heterocycles. The second-order valence-electron chi connectivity index (χ2n) is 6.34. The Morgan fingerprint density at radius 3 is 2.52 bits per heavy atom. The van der Waals surface area contributed by atoms with E-state index in [1.165, 1.54) is 5.56 Å². The number of benzene rings is 1. The van der Waals surface area contributed by atoms with Gasteiger partial charge in [0.2, 0.25) is 0 Å². The molecule has 120 valence electrons. The van der Waals surface area contributed by atoms with Gasteiger partial charge in [-0.15, -0.1) is 0 Å². The van der Waals surface area contributed by atoms with Crippen LogP contribution in [0, 0.1) is 0 Å². The topological polar surface area (TPSA) is 41.5 Å². The summed E-state index contributed by atoms with van der Waals surface area (Å²) < 4.78 is 6.91. The Kier molecular flexibility index (Phi) is 8.30. The maximum absolute atomic E-state index is 8.72. The lowest BCUT2D eigenvalue weighted by Crippen LogP contribution is -2.35. The molecule has 0 aliphatic rings. The monoisotopic (exact) mass is 357 g/mol. The van der Waals surface area contributed by atoms with E-state index in [1.54, 1.807) is 0 Å². The van der Waals surface area contributed by atoms with Gasteiger partial charge >= 0.3 is 0 Å². The summed E-state index contributed by atoms with van der Waals surface area (Å²) in [6.45, 7) is 8.32. The summed E-state index contributed by atoms with van der Waals surface area (Å²) in [7, 11) is 0. The predicted molar refractivity (Wildman–Crippen MR) is 91.8 cm³/mol. The first kappa shape index (κ1) is 18.5. The summed E-state index contributed by atoms with van der Waals surface area (Å²) in [6, 6.07) is 6.13. The molecule has 21 heavy (non-hydrogen) atoms. The highest BCUT2D eigenvalue weighted by Crippen LogP contribution is 2.23. The average molecular weight is 358 g/mol. The molecule has 0 bridgehead atoms. The minimum atomic E-state index is 0.100. The van der Waals surface area contributed by atoms with Gasteiger partial charge in [-0.3, -0.25) is 0 Å². The molecule has 0 atom stereocenters. The van der Waals surface area contributed by atoms with Crippen molar-refractivity contribution in [3.8, 4) is 5.75 Å². The van der Waals surface area contributed by atoms with E-state index in [0.717, 1.165) is 49.1 Å². The van der Waals surface area contributed by atoms with Gasteiger partial charge in [0.25, 0.3) is 0 Å². The quantitative estimate of drug-likeness (QED) is 0.648. The molecule has 0 spiro atoms. The van der Waals surface area contributed by atoms with E-state index in [9.17, 15) is 0 Å². The Hall–Kier alpha value is -0.580. The maximum Gasteiger partial charge on any atom is 0.119 e. The van der Waals surface area contributed by atoms with E-state index < -0.39 is 0 Å². The molecular weight excluding hydrogens is 330 g/mol. The molecule has 0 fully saturated rings. The fourth-order valence-corrected chi connectivity index (χ4v) is 2.28. The Morgan fingerprint density at radius 1 is 1.14 bits per heavy atom. The Labute approximate surface area is 137 Å². The lowest BCUT2D eigenvalue weighted by molar-refractivity contribution is 0.273. The standard InChI is InChI=1S/C17H28BrNO2/c1-17(2,3)19-13-14-12-15(8-9-16(14)18)21-11-7-5-4-6-10-20/h8-9,12,19-20H,4-7,10-11,13H2,1-3H3. The first-order valence-electron chi connectivity index (χ1n) is 7.69. The Balaban J connectivity index is 2.41. The van der Waals surface area contributed by atoms with Crippen LogP contribution in [0.4, 0.5) is 0 Å². The molecule has 1 rings (SSSR count). The largest absolute Gasteiger partial charge is 0.494 e. The molecule has 0 heterocycles. The molecule has 0 saturated carbocycles. The first-order chi connectivity index (χ1) is 9.92. The summed E-state index contributed by atoms with van der Waals surface area (Å²) in [5.41, 5.74) is 1.31. The highest BCUT2D eigenvalue weighted by atomic mass is 79.9. The fourth-order valence-electron chi connectivity index (χ4n) is 1.89. The van der Waals surface area contributed by atoms with Crippen molar-refractivity contribution >= 4 is 15.9 Å². The van der Waals surface area contributed by atoms with Gasteiger partial charge in [-0.05, 0) is 63.8 Å². The third-order valence-corrected chi connectivity index (χ3v) is 3.92. The summed E-state index contributed by atoms with van der Waals surface area (Å²) in [5, 5.41) is 12.2. The minimum Gasteiger partial charge on any atom is -0.494 e. The van der Waals surface area contributed by atoms with E-state index >= 15 is 0 Å². The maximum atomic E-state index is 8.72. The summed E-state index contributed by atoms with van der Waals surface area (Å²) in [4.78, 5) is 0. The van der Waals surface area contributed by atoms with Crippen LogP contribution in [0.15, 0.2) is 22.7 Å². The average Bonchev–Trinajstić information content (AvgIpc) is 2.42. The van der Waals surface area contributed by atoms with E-state index in [4.69, 9.17) is 9.84 Å². The van der Waals surface area contributed by atoms with Crippen LogP contribution in [0.25, 0.3) is 0 Å². The zero-order valence-corrected chi connectivity index (χ0v) is 15.0. The number of aliphatic hydroxyl groups is 1. The van der Waals surface area contributed by atoms with Gasteiger partial charge in [0, 0.05) is 23.2 Å². The smallest absolute Gasteiger partial charge is 0.119 e. The van der Waals surface area contributed by atoms with Crippen molar-refractivity contribution in [2.24, 2.45) is 0 Å². The number of unbranched alkanes of at least 4 members (excludes halogenated alkanes) is 3. The highest BCUT2D eigenvalue weighted by molar-refractivity contribution is 9.10.